The van der Waals surface area contributed by atoms with E-state index in [0.717, 1.165) is 11.1 Å². The van der Waals surface area contributed by atoms with Crippen molar-refractivity contribution in [2.24, 2.45) is 0 Å². The maximum atomic E-state index is 12.3. The molecule has 0 spiro atoms. The van der Waals surface area contributed by atoms with Crippen LogP contribution in [0, 0.1) is 0 Å². The van der Waals surface area contributed by atoms with Gasteiger partial charge >= 0.3 is 0 Å². The van der Waals surface area contributed by atoms with Gasteiger partial charge in [0.2, 0.25) is 0 Å². The summed E-state index contributed by atoms with van der Waals surface area (Å²) < 4.78 is 5.80. The number of halogens is 2. The third kappa shape index (κ3) is 3.36. The van der Waals surface area contributed by atoms with Gasteiger partial charge in [0.15, 0.2) is 0 Å². The minimum atomic E-state index is -0.169. The summed E-state index contributed by atoms with van der Waals surface area (Å²) in [7, 11) is 0. The molecule has 0 unspecified atom stereocenters. The molecule has 1 aliphatic heterocycles. The van der Waals surface area contributed by atoms with E-state index < -0.39 is 0 Å². The molecular formula is C18H15Cl2NO2. The minimum absolute atomic E-state index is 0.0248. The van der Waals surface area contributed by atoms with Crippen LogP contribution in [0.2, 0.25) is 10.0 Å². The Labute approximate surface area is 144 Å². The van der Waals surface area contributed by atoms with Crippen LogP contribution in [0.15, 0.2) is 36.4 Å². The van der Waals surface area contributed by atoms with E-state index in [4.69, 9.17) is 27.9 Å². The van der Waals surface area contributed by atoms with Crippen LogP contribution in [-0.2, 0) is 4.79 Å². The van der Waals surface area contributed by atoms with Crippen LogP contribution >= 0.6 is 23.2 Å². The van der Waals surface area contributed by atoms with Crippen LogP contribution in [0.4, 0.5) is 5.69 Å². The maximum absolute atomic E-state index is 12.3. The van der Waals surface area contributed by atoms with Gasteiger partial charge in [-0.2, -0.15) is 0 Å². The van der Waals surface area contributed by atoms with Gasteiger partial charge in [-0.05, 0) is 50.3 Å². The zero-order chi connectivity index (χ0) is 16.6. The van der Waals surface area contributed by atoms with Crippen molar-refractivity contribution in [3.63, 3.8) is 0 Å². The summed E-state index contributed by atoms with van der Waals surface area (Å²) >= 11 is 12.1. The van der Waals surface area contributed by atoms with Crippen molar-refractivity contribution in [3.8, 4) is 5.75 Å². The third-order valence-corrected chi connectivity index (χ3v) is 3.87. The first-order valence-electron chi connectivity index (χ1n) is 7.23. The minimum Gasteiger partial charge on any atom is -0.490 e. The number of carbonyl (C=O) groups excluding carboxylic acids is 1. The first-order valence-corrected chi connectivity index (χ1v) is 7.99. The standard InChI is InChI=1S/C18H15Cl2NO2/c1-10(2)23-17-6-4-12(19)7-11(17)8-15-14-5-3-13(20)9-16(14)21-18(15)22/h3-10H,1-2H3,(H,21,22). The average molecular weight is 348 g/mol. The van der Waals surface area contributed by atoms with E-state index in [-0.39, 0.29) is 12.0 Å². The molecule has 0 aliphatic carbocycles. The van der Waals surface area contributed by atoms with E-state index >= 15 is 0 Å². The molecule has 3 rings (SSSR count). The van der Waals surface area contributed by atoms with Crippen molar-refractivity contribution in [2.45, 2.75) is 20.0 Å². The van der Waals surface area contributed by atoms with Crippen molar-refractivity contribution in [3.05, 3.63) is 57.6 Å². The molecule has 0 saturated heterocycles. The van der Waals surface area contributed by atoms with Crippen LogP contribution in [0.1, 0.15) is 25.0 Å². The number of hydrogen-bond donors (Lipinski definition) is 1. The Bertz CT molecular complexity index is 813. The largest absolute Gasteiger partial charge is 0.490 e. The van der Waals surface area contributed by atoms with Crippen molar-refractivity contribution in [1.82, 2.24) is 0 Å². The first kappa shape index (κ1) is 15.9. The van der Waals surface area contributed by atoms with E-state index in [9.17, 15) is 4.79 Å². The fourth-order valence-electron chi connectivity index (χ4n) is 2.46. The van der Waals surface area contributed by atoms with E-state index in [0.29, 0.717) is 27.1 Å². The Balaban J connectivity index is 2.09. The highest BCUT2D eigenvalue weighted by Crippen LogP contribution is 2.36. The van der Waals surface area contributed by atoms with E-state index in [1.165, 1.54) is 0 Å². The quantitative estimate of drug-likeness (QED) is 0.767. The molecule has 1 aliphatic rings. The molecule has 1 heterocycles. The Morgan fingerprint density at radius 1 is 1.09 bits per heavy atom. The lowest BCUT2D eigenvalue weighted by Crippen LogP contribution is -2.07. The molecule has 0 bridgehead atoms. The molecule has 3 nitrogen and oxygen atoms in total. The van der Waals surface area contributed by atoms with Crippen LogP contribution in [0.5, 0.6) is 5.75 Å². The highest BCUT2D eigenvalue weighted by Gasteiger charge is 2.24. The highest BCUT2D eigenvalue weighted by atomic mass is 35.5. The maximum Gasteiger partial charge on any atom is 0.256 e. The van der Waals surface area contributed by atoms with Gasteiger partial charge in [-0.15, -0.1) is 0 Å². The molecule has 5 heteroatoms. The third-order valence-electron chi connectivity index (χ3n) is 3.40. The van der Waals surface area contributed by atoms with Gasteiger partial charge in [-0.25, -0.2) is 0 Å². The van der Waals surface area contributed by atoms with Gasteiger partial charge < -0.3 is 10.1 Å². The van der Waals surface area contributed by atoms with E-state index in [2.05, 4.69) is 5.32 Å². The van der Waals surface area contributed by atoms with Crippen molar-refractivity contribution < 1.29 is 9.53 Å². The normalized spacial score (nSPS) is 15.0. The zero-order valence-electron chi connectivity index (χ0n) is 12.7. The summed E-state index contributed by atoms with van der Waals surface area (Å²) in [5, 5.41) is 3.98. The first-order chi connectivity index (χ1) is 10.9. The fourth-order valence-corrected chi connectivity index (χ4v) is 2.81. The molecular weight excluding hydrogens is 333 g/mol. The predicted molar refractivity (Wildman–Crippen MR) is 95.2 cm³/mol. The molecule has 0 atom stereocenters. The van der Waals surface area contributed by atoms with Gasteiger partial charge in [0, 0.05) is 26.7 Å². The molecule has 0 fully saturated rings. The van der Waals surface area contributed by atoms with E-state index in [1.54, 1.807) is 30.3 Å². The van der Waals surface area contributed by atoms with Gasteiger partial charge in [0.1, 0.15) is 5.75 Å². The number of anilines is 1. The molecule has 1 amide bonds. The number of hydrogen-bond acceptors (Lipinski definition) is 2. The SMILES string of the molecule is CC(C)Oc1ccc(Cl)cc1C=C1C(=O)Nc2cc(Cl)ccc21. The van der Waals surface area contributed by atoms with Crippen LogP contribution in [0.25, 0.3) is 11.6 Å². The van der Waals surface area contributed by atoms with Gasteiger partial charge in [-0.1, -0.05) is 29.3 Å². The molecule has 2 aromatic carbocycles. The topological polar surface area (TPSA) is 38.3 Å². The Morgan fingerprint density at radius 2 is 1.78 bits per heavy atom. The molecule has 0 saturated carbocycles. The van der Waals surface area contributed by atoms with Crippen LogP contribution in [-0.4, -0.2) is 12.0 Å². The Morgan fingerprint density at radius 3 is 2.52 bits per heavy atom. The summed E-state index contributed by atoms with van der Waals surface area (Å²) in [6, 6.07) is 10.7. The van der Waals surface area contributed by atoms with Crippen LogP contribution in [0.3, 0.4) is 0 Å². The molecule has 2 aromatic rings. The predicted octanol–water partition coefficient (Wildman–Crippen LogP) is 5.27. The molecule has 1 N–H and O–H groups in total. The molecule has 0 aromatic heterocycles. The average Bonchev–Trinajstić information content (AvgIpc) is 2.76. The number of benzene rings is 2. The summed E-state index contributed by atoms with van der Waals surface area (Å²) in [6.45, 7) is 3.90. The fraction of sp³-hybridized carbons (Fsp3) is 0.167. The lowest BCUT2D eigenvalue weighted by molar-refractivity contribution is -0.110. The lowest BCUT2D eigenvalue weighted by atomic mass is 10.0. The van der Waals surface area contributed by atoms with Crippen molar-refractivity contribution in [1.29, 1.82) is 0 Å². The molecule has 23 heavy (non-hydrogen) atoms. The van der Waals surface area contributed by atoms with Gasteiger partial charge in [0.25, 0.3) is 5.91 Å². The number of fused-ring (bicyclic) bond motifs is 1. The number of ether oxygens (including phenoxy) is 1. The Hall–Kier alpha value is -1.97. The van der Waals surface area contributed by atoms with Crippen molar-refractivity contribution >= 4 is 46.4 Å². The van der Waals surface area contributed by atoms with Crippen molar-refractivity contribution in [2.75, 3.05) is 5.32 Å². The van der Waals surface area contributed by atoms with Gasteiger partial charge in [0.05, 0.1) is 11.8 Å². The second-order valence-corrected chi connectivity index (χ2v) is 6.42. The highest BCUT2D eigenvalue weighted by molar-refractivity contribution is 6.37. The lowest BCUT2D eigenvalue weighted by Gasteiger charge is -2.13. The zero-order valence-corrected chi connectivity index (χ0v) is 14.2. The number of carbonyl (C=O) groups is 1. The summed E-state index contributed by atoms with van der Waals surface area (Å²) in [5.41, 5.74) is 2.85. The smallest absolute Gasteiger partial charge is 0.256 e. The monoisotopic (exact) mass is 347 g/mol. The van der Waals surface area contributed by atoms with Crippen LogP contribution < -0.4 is 10.1 Å². The number of nitrogens with one attached hydrogen (secondary N) is 1. The second kappa shape index (κ2) is 6.26. The molecule has 0 radical (unpaired) electrons. The molecule has 118 valence electrons. The number of rotatable bonds is 3. The Kier molecular flexibility index (Phi) is 4.33. The summed E-state index contributed by atoms with van der Waals surface area (Å²) in [6.07, 6.45) is 1.82. The van der Waals surface area contributed by atoms with E-state index in [1.807, 2.05) is 26.0 Å². The summed E-state index contributed by atoms with van der Waals surface area (Å²) in [5.74, 6) is 0.518. The number of amides is 1. The second-order valence-electron chi connectivity index (χ2n) is 5.55. The summed E-state index contributed by atoms with van der Waals surface area (Å²) in [4.78, 5) is 12.3. The van der Waals surface area contributed by atoms with Gasteiger partial charge in [-0.3, -0.25) is 4.79 Å².